The van der Waals surface area contributed by atoms with Gasteiger partial charge in [-0.2, -0.15) is 4.31 Å². The van der Waals surface area contributed by atoms with Crippen LogP contribution in [0.15, 0.2) is 29.2 Å². The lowest BCUT2D eigenvalue weighted by molar-refractivity contribution is -0.132. The summed E-state index contributed by atoms with van der Waals surface area (Å²) in [5, 5.41) is 12.2. The predicted octanol–water partition coefficient (Wildman–Crippen LogP) is -0.0583. The number of amides is 1. The third-order valence-corrected chi connectivity index (χ3v) is 6.75. The molecule has 9 heteroatoms. The minimum atomic E-state index is -3.87. The third-order valence-electron chi connectivity index (χ3n) is 4.80. The molecule has 0 saturated carbocycles. The van der Waals surface area contributed by atoms with E-state index in [0.29, 0.717) is 18.7 Å². The number of nitrogens with zero attached hydrogens (tertiary/aromatic N) is 1. The van der Waals surface area contributed by atoms with Gasteiger partial charge in [-0.25, -0.2) is 13.9 Å². The smallest absolute Gasteiger partial charge is 0.261 e. The Hall–Kier alpha value is -1.68. The summed E-state index contributed by atoms with van der Waals surface area (Å²) in [5.41, 5.74) is 1.60. The topological polar surface area (TPSA) is 108 Å². The first-order valence-corrected chi connectivity index (χ1v) is 9.25. The Morgan fingerprint density at radius 1 is 1.38 bits per heavy atom. The lowest BCUT2D eigenvalue weighted by Crippen LogP contribution is -2.52. The average Bonchev–Trinajstić information content (AvgIpc) is 3.01. The van der Waals surface area contributed by atoms with Crippen molar-refractivity contribution in [3.8, 4) is 5.75 Å². The van der Waals surface area contributed by atoms with Crippen molar-refractivity contribution < 1.29 is 23.2 Å². The molecule has 0 aromatic heterocycles. The van der Waals surface area contributed by atoms with Crippen molar-refractivity contribution in [1.29, 1.82) is 0 Å². The number of sulfonamides is 1. The molecule has 0 unspecified atom stereocenters. The van der Waals surface area contributed by atoms with E-state index in [9.17, 15) is 13.2 Å². The maximum Gasteiger partial charge on any atom is 0.261 e. The molecule has 1 aromatic rings. The number of ether oxygens (including phenoxy) is 1. The number of nitrogens with one attached hydrogen (secondary N) is 2. The van der Waals surface area contributed by atoms with E-state index < -0.39 is 22.0 Å². The van der Waals surface area contributed by atoms with Crippen molar-refractivity contribution in [3.63, 3.8) is 0 Å². The second kappa shape index (κ2) is 6.67. The minimum Gasteiger partial charge on any atom is -0.497 e. The van der Waals surface area contributed by atoms with Gasteiger partial charge in [0.05, 0.1) is 12.0 Å². The number of hydroxylamine groups is 1. The first-order valence-electron chi connectivity index (χ1n) is 7.81. The zero-order valence-corrected chi connectivity index (χ0v) is 14.1. The summed E-state index contributed by atoms with van der Waals surface area (Å²) in [4.78, 5) is 12.1. The Kier molecular flexibility index (Phi) is 4.77. The van der Waals surface area contributed by atoms with Gasteiger partial charge >= 0.3 is 0 Å². The first-order chi connectivity index (χ1) is 11.5. The minimum absolute atomic E-state index is 0.0987. The fraction of sp³-hybridized carbons (Fsp3) is 0.533. The van der Waals surface area contributed by atoms with E-state index >= 15 is 0 Å². The monoisotopic (exact) mass is 355 g/mol. The van der Waals surface area contributed by atoms with E-state index in [1.54, 1.807) is 17.6 Å². The largest absolute Gasteiger partial charge is 0.497 e. The van der Waals surface area contributed by atoms with Gasteiger partial charge in [-0.1, -0.05) is 0 Å². The summed E-state index contributed by atoms with van der Waals surface area (Å²) in [6.07, 6.45) is 1.21. The highest BCUT2D eigenvalue weighted by molar-refractivity contribution is 7.89. The molecule has 1 amide bonds. The van der Waals surface area contributed by atoms with Crippen molar-refractivity contribution >= 4 is 15.9 Å². The van der Waals surface area contributed by atoms with Gasteiger partial charge in [-0.05, 0) is 49.6 Å². The number of hydrogen-bond donors (Lipinski definition) is 3. The summed E-state index contributed by atoms with van der Waals surface area (Å²) < 4.78 is 32.5. The molecule has 2 saturated heterocycles. The summed E-state index contributed by atoms with van der Waals surface area (Å²) in [5.74, 6) is -0.0414. The number of fused-ring (bicyclic) bond motifs is 1. The molecule has 2 fully saturated rings. The fourth-order valence-electron chi connectivity index (χ4n) is 3.60. The molecule has 8 nitrogen and oxygen atoms in total. The van der Waals surface area contributed by atoms with E-state index in [4.69, 9.17) is 9.94 Å². The molecule has 2 aliphatic heterocycles. The highest BCUT2D eigenvalue weighted by atomic mass is 32.2. The van der Waals surface area contributed by atoms with E-state index in [2.05, 4.69) is 5.32 Å². The van der Waals surface area contributed by atoms with E-state index in [1.165, 1.54) is 23.5 Å². The first kappa shape index (κ1) is 17.2. The van der Waals surface area contributed by atoms with Gasteiger partial charge in [-0.15, -0.1) is 0 Å². The van der Waals surface area contributed by atoms with Crippen molar-refractivity contribution in [1.82, 2.24) is 15.1 Å². The molecule has 3 rings (SSSR count). The van der Waals surface area contributed by atoms with Crippen LogP contribution < -0.4 is 15.5 Å². The van der Waals surface area contributed by atoms with Crippen LogP contribution in [-0.4, -0.2) is 56.1 Å². The van der Waals surface area contributed by atoms with Gasteiger partial charge in [-0.3, -0.25) is 10.0 Å². The van der Waals surface area contributed by atoms with Gasteiger partial charge in [0.2, 0.25) is 10.0 Å². The summed E-state index contributed by atoms with van der Waals surface area (Å²) in [6.45, 7) is 1.29. The van der Waals surface area contributed by atoms with Crippen LogP contribution in [0.1, 0.15) is 12.8 Å². The Morgan fingerprint density at radius 2 is 2.08 bits per heavy atom. The number of benzene rings is 1. The quantitative estimate of drug-likeness (QED) is 0.516. The Balaban J connectivity index is 1.99. The summed E-state index contributed by atoms with van der Waals surface area (Å²) in [7, 11) is -2.37. The molecule has 1 aromatic carbocycles. The Labute approximate surface area is 140 Å². The van der Waals surface area contributed by atoms with Gasteiger partial charge in [0.1, 0.15) is 11.8 Å². The molecular formula is C15H21N3O5S. The molecular weight excluding hydrogens is 334 g/mol. The lowest BCUT2D eigenvalue weighted by Gasteiger charge is -2.32. The van der Waals surface area contributed by atoms with Crippen LogP contribution in [0.5, 0.6) is 5.75 Å². The maximum absolute atomic E-state index is 13.1. The van der Waals surface area contributed by atoms with Crippen LogP contribution in [0.3, 0.4) is 0 Å². The zero-order valence-electron chi connectivity index (χ0n) is 13.3. The Bertz CT molecular complexity index is 706. The molecule has 2 heterocycles. The van der Waals surface area contributed by atoms with Crippen molar-refractivity contribution in [2.45, 2.75) is 29.8 Å². The summed E-state index contributed by atoms with van der Waals surface area (Å²) >= 11 is 0. The number of piperidine rings is 1. The molecule has 3 N–H and O–H groups in total. The van der Waals surface area contributed by atoms with Crippen LogP contribution in [0.4, 0.5) is 0 Å². The van der Waals surface area contributed by atoms with Crippen molar-refractivity contribution in [3.05, 3.63) is 24.3 Å². The highest BCUT2D eigenvalue weighted by Gasteiger charge is 2.51. The average molecular weight is 355 g/mol. The van der Waals surface area contributed by atoms with Crippen molar-refractivity contribution in [2.75, 3.05) is 20.2 Å². The molecule has 24 heavy (non-hydrogen) atoms. The molecule has 132 valence electrons. The Morgan fingerprint density at radius 3 is 2.71 bits per heavy atom. The number of carbonyl (C=O) groups excluding carboxylic acids is 1. The molecule has 0 spiro atoms. The van der Waals surface area contributed by atoms with E-state index in [1.807, 2.05) is 0 Å². The van der Waals surface area contributed by atoms with Crippen LogP contribution in [0, 0.1) is 5.92 Å². The van der Waals surface area contributed by atoms with Crippen LogP contribution in [-0.2, 0) is 14.8 Å². The second-order valence-electron chi connectivity index (χ2n) is 6.06. The zero-order chi connectivity index (χ0) is 17.3. The normalized spacial score (nSPS) is 27.5. The fourth-order valence-corrected chi connectivity index (χ4v) is 5.45. The van der Waals surface area contributed by atoms with Crippen LogP contribution in [0.2, 0.25) is 0 Å². The second-order valence-corrected chi connectivity index (χ2v) is 7.90. The van der Waals surface area contributed by atoms with Crippen molar-refractivity contribution in [2.24, 2.45) is 5.92 Å². The number of rotatable bonds is 4. The van der Waals surface area contributed by atoms with Crippen LogP contribution in [0.25, 0.3) is 0 Å². The summed E-state index contributed by atoms with van der Waals surface area (Å²) in [6, 6.07) is 4.86. The SMILES string of the molecule is COc1ccc(S(=O)(=O)N2[C@H](C(=O)NO)C[C@@H]3CCNC[C@@H]32)cc1. The van der Waals surface area contributed by atoms with Gasteiger partial charge in [0.25, 0.3) is 5.91 Å². The standard InChI is InChI=1S/C15H21N3O5S/c1-23-11-2-4-12(5-3-11)24(21,22)18-13(15(19)17-20)8-10-6-7-16-9-14(10)18/h2-5,10,13-14,16,20H,6-9H2,1H3,(H,17,19)/t10-,13-,14-/m0/s1. The maximum atomic E-state index is 13.1. The number of carbonyl (C=O) groups is 1. The van der Waals surface area contributed by atoms with Gasteiger partial charge < -0.3 is 10.1 Å². The van der Waals surface area contributed by atoms with Crippen LogP contribution >= 0.6 is 0 Å². The van der Waals surface area contributed by atoms with E-state index in [0.717, 1.165) is 13.0 Å². The molecule has 0 bridgehead atoms. The van der Waals surface area contributed by atoms with E-state index in [-0.39, 0.29) is 16.9 Å². The molecule has 3 atom stereocenters. The number of hydrogen-bond acceptors (Lipinski definition) is 6. The lowest BCUT2D eigenvalue weighted by atomic mass is 9.92. The highest BCUT2D eigenvalue weighted by Crippen LogP contribution is 2.38. The van der Waals surface area contributed by atoms with Gasteiger partial charge in [0, 0.05) is 12.6 Å². The predicted molar refractivity (Wildman–Crippen MR) is 85.1 cm³/mol. The molecule has 0 radical (unpaired) electrons. The molecule has 2 aliphatic rings. The third kappa shape index (κ3) is 2.88. The van der Waals surface area contributed by atoms with Gasteiger partial charge in [0.15, 0.2) is 0 Å². The number of methoxy groups -OCH3 is 1. The molecule has 0 aliphatic carbocycles.